The van der Waals surface area contributed by atoms with E-state index < -0.39 is 6.16 Å². The molecule has 0 saturated heterocycles. The Labute approximate surface area is 69.5 Å². The molecule has 5 heavy (non-hydrogen) atoms. The number of rotatable bonds is 0. The topological polar surface area (TPSA) is 63.2 Å². The third-order valence-electron chi connectivity index (χ3n) is 0. The van der Waals surface area contributed by atoms with Crippen LogP contribution in [-0.2, 0) is 0 Å². The van der Waals surface area contributed by atoms with E-state index in [0.29, 0.717) is 0 Å². The van der Waals surface area contributed by atoms with Crippen LogP contribution in [0.25, 0.3) is 0 Å². The molecule has 0 spiro atoms. The van der Waals surface area contributed by atoms with E-state index in [1.165, 1.54) is 0 Å². The van der Waals surface area contributed by atoms with E-state index in [4.69, 9.17) is 15.0 Å². The SMILES string of the molecule is O=C([O-])[O-].[Eu+3]. The van der Waals surface area contributed by atoms with Crippen molar-refractivity contribution in [2.75, 3.05) is 0 Å². The molecule has 0 radical (unpaired) electrons. The maximum absolute atomic E-state index is 8.33. The largest absolute Gasteiger partial charge is 3.00 e. The Bertz CT molecular complexity index is 29.9. The standard InChI is InChI=1S/CH2O3.Eu/c2-1(3)4;/h(H2,2,3,4);/q;+3/p-2. The van der Waals surface area contributed by atoms with Crippen molar-refractivity contribution < 1.29 is 64.4 Å². The number of carboxylic acid groups (broad SMARTS) is 2. The van der Waals surface area contributed by atoms with Gasteiger partial charge < -0.3 is 15.0 Å². The van der Waals surface area contributed by atoms with E-state index in [1.807, 2.05) is 0 Å². The summed E-state index contributed by atoms with van der Waals surface area (Å²) in [6, 6.07) is 0. The molecule has 0 aliphatic heterocycles. The molecule has 4 heteroatoms. The fourth-order valence-corrected chi connectivity index (χ4v) is 0. The van der Waals surface area contributed by atoms with Crippen LogP contribution in [0.4, 0.5) is 4.79 Å². The van der Waals surface area contributed by atoms with Crippen LogP contribution in [0, 0.1) is 49.4 Å². The van der Waals surface area contributed by atoms with Crippen LogP contribution in [0.2, 0.25) is 0 Å². The van der Waals surface area contributed by atoms with E-state index in [0.717, 1.165) is 0 Å². The molecule has 0 aromatic carbocycles. The van der Waals surface area contributed by atoms with Crippen molar-refractivity contribution in [1.82, 2.24) is 0 Å². The monoisotopic (exact) mass is 213 g/mol. The predicted octanol–water partition coefficient (Wildman–Crippen LogP) is -2.45. The third-order valence-corrected chi connectivity index (χ3v) is 0. The minimum absolute atomic E-state index is 0. The maximum Gasteiger partial charge on any atom is 3.00 e. The van der Waals surface area contributed by atoms with E-state index in [9.17, 15) is 0 Å². The van der Waals surface area contributed by atoms with Gasteiger partial charge in [0, 0.05) is 0 Å². The van der Waals surface area contributed by atoms with Gasteiger partial charge in [0.15, 0.2) is 0 Å². The Balaban J connectivity index is 0. The average molecular weight is 212 g/mol. The van der Waals surface area contributed by atoms with Crippen molar-refractivity contribution in [2.45, 2.75) is 0 Å². The van der Waals surface area contributed by atoms with Gasteiger partial charge in [-0.15, -0.1) is 0 Å². The Hall–Kier alpha value is 0.854. The summed E-state index contributed by atoms with van der Waals surface area (Å²) in [7, 11) is 0. The predicted molar refractivity (Wildman–Crippen MR) is 5.40 cm³/mol. The molecular weight excluding hydrogens is 212 g/mol. The Morgan fingerprint density at radius 3 is 1.40 bits per heavy atom. The first-order valence-electron chi connectivity index (χ1n) is 0.612. The van der Waals surface area contributed by atoms with Gasteiger partial charge in [0.1, 0.15) is 0 Å². The molecule has 0 aliphatic carbocycles. The molecule has 0 N–H and O–H groups in total. The molecule has 0 aromatic heterocycles. The molecule has 0 aliphatic rings. The summed E-state index contributed by atoms with van der Waals surface area (Å²) >= 11 is 0. The van der Waals surface area contributed by atoms with Gasteiger partial charge in [-0.1, -0.05) is 0 Å². The molecular formula is CEuO3+. The Kier molecular flexibility index (Phi) is 9.02. The average Bonchev–Trinajstić information content (AvgIpc) is 0.811. The number of carbonyl (C=O) groups excluding carboxylic acids is 1. The first-order chi connectivity index (χ1) is 1.73. The van der Waals surface area contributed by atoms with Crippen LogP contribution < -0.4 is 10.2 Å². The molecule has 0 unspecified atom stereocenters. The number of carbonyl (C=O) groups is 1. The molecule has 0 saturated carbocycles. The zero-order chi connectivity index (χ0) is 3.58. The second-order valence-corrected chi connectivity index (χ2v) is 0.250. The fraction of sp³-hybridized carbons (Fsp3) is 0. The van der Waals surface area contributed by atoms with Crippen molar-refractivity contribution in [3.8, 4) is 0 Å². The first-order valence-corrected chi connectivity index (χ1v) is 0.612. The number of hydrogen-bond acceptors (Lipinski definition) is 3. The van der Waals surface area contributed by atoms with E-state index in [-0.39, 0.29) is 49.4 Å². The number of hydrogen-bond donors (Lipinski definition) is 0. The Morgan fingerprint density at radius 1 is 1.40 bits per heavy atom. The van der Waals surface area contributed by atoms with E-state index in [1.54, 1.807) is 0 Å². The smallest absolute Gasteiger partial charge is 0.652 e. The summed E-state index contributed by atoms with van der Waals surface area (Å²) in [5.74, 6) is 0. The molecule has 0 bridgehead atoms. The van der Waals surface area contributed by atoms with Gasteiger partial charge in [0.05, 0.1) is 0 Å². The molecule has 0 aromatic rings. The van der Waals surface area contributed by atoms with Crippen LogP contribution in [0.15, 0.2) is 0 Å². The van der Waals surface area contributed by atoms with Gasteiger partial charge in [-0.25, -0.2) is 0 Å². The summed E-state index contributed by atoms with van der Waals surface area (Å²) < 4.78 is 0. The minimum Gasteiger partial charge on any atom is -0.652 e. The second-order valence-electron chi connectivity index (χ2n) is 0.250. The van der Waals surface area contributed by atoms with Crippen LogP contribution in [0.5, 0.6) is 0 Å². The van der Waals surface area contributed by atoms with Gasteiger partial charge in [-0.2, -0.15) is 0 Å². The van der Waals surface area contributed by atoms with Gasteiger partial charge >= 0.3 is 49.4 Å². The van der Waals surface area contributed by atoms with Crippen LogP contribution >= 0.6 is 0 Å². The molecule has 0 atom stereocenters. The third kappa shape index (κ3) is 54.2. The molecule has 3 nitrogen and oxygen atoms in total. The van der Waals surface area contributed by atoms with Crippen molar-refractivity contribution in [1.29, 1.82) is 0 Å². The van der Waals surface area contributed by atoms with Gasteiger partial charge in [-0.05, 0) is 6.16 Å². The van der Waals surface area contributed by atoms with Gasteiger partial charge in [-0.3, -0.25) is 0 Å². The first kappa shape index (κ1) is 9.29. The zero-order valence-electron chi connectivity index (χ0n) is 2.10. The zero-order valence-corrected chi connectivity index (χ0v) is 4.53. The molecule has 0 fully saturated rings. The van der Waals surface area contributed by atoms with Crippen LogP contribution in [-0.4, -0.2) is 6.16 Å². The summed E-state index contributed by atoms with van der Waals surface area (Å²) in [6.07, 6.45) is -2.33. The van der Waals surface area contributed by atoms with Crippen LogP contribution in [0.3, 0.4) is 0 Å². The quantitative estimate of drug-likeness (QED) is 0.447. The van der Waals surface area contributed by atoms with Crippen molar-refractivity contribution >= 4 is 6.16 Å². The molecule has 0 heterocycles. The summed E-state index contributed by atoms with van der Waals surface area (Å²) in [5, 5.41) is 16.7. The van der Waals surface area contributed by atoms with E-state index in [2.05, 4.69) is 0 Å². The summed E-state index contributed by atoms with van der Waals surface area (Å²) in [4.78, 5) is 8.33. The molecule has 0 amide bonds. The molecule has 28 valence electrons. The van der Waals surface area contributed by atoms with Crippen molar-refractivity contribution in [3.63, 3.8) is 0 Å². The van der Waals surface area contributed by atoms with Crippen LogP contribution in [0.1, 0.15) is 0 Å². The van der Waals surface area contributed by atoms with Gasteiger partial charge in [0.25, 0.3) is 0 Å². The Morgan fingerprint density at radius 2 is 1.40 bits per heavy atom. The van der Waals surface area contributed by atoms with Gasteiger partial charge in [0.2, 0.25) is 0 Å². The summed E-state index contributed by atoms with van der Waals surface area (Å²) in [5.41, 5.74) is 0. The fourth-order valence-electron chi connectivity index (χ4n) is 0. The minimum atomic E-state index is -2.33. The maximum atomic E-state index is 8.33. The summed E-state index contributed by atoms with van der Waals surface area (Å²) in [6.45, 7) is 0. The van der Waals surface area contributed by atoms with Crippen molar-refractivity contribution in [3.05, 3.63) is 0 Å². The molecule has 0 rings (SSSR count). The van der Waals surface area contributed by atoms with E-state index >= 15 is 0 Å². The normalized spacial score (nSPS) is 4.80. The van der Waals surface area contributed by atoms with Crippen molar-refractivity contribution in [2.24, 2.45) is 0 Å². The second kappa shape index (κ2) is 4.85.